The summed E-state index contributed by atoms with van der Waals surface area (Å²) in [5, 5.41) is 3.84. The molecule has 2 aromatic rings. The number of hydrogen-bond acceptors (Lipinski definition) is 3. The maximum atomic E-state index is 6.06. The number of anilines is 1. The third-order valence-corrected chi connectivity index (χ3v) is 2.87. The molecule has 1 aromatic carbocycles. The first-order valence-electron chi connectivity index (χ1n) is 5.90. The first-order chi connectivity index (χ1) is 9.15. The molecule has 1 aromatic heterocycles. The number of aromatic nitrogens is 2. The van der Waals surface area contributed by atoms with Crippen molar-refractivity contribution >= 4 is 17.5 Å². The normalized spacial score (nSPS) is 10.3. The van der Waals surface area contributed by atoms with Gasteiger partial charge in [0, 0.05) is 17.8 Å². The van der Waals surface area contributed by atoms with Crippen LogP contribution in [0, 0.1) is 6.92 Å². The fourth-order valence-electron chi connectivity index (χ4n) is 1.82. The first kappa shape index (κ1) is 13.5. The van der Waals surface area contributed by atoms with Crippen molar-refractivity contribution in [1.29, 1.82) is 0 Å². The minimum Gasteiger partial charge on any atom is -0.495 e. The molecule has 0 fully saturated rings. The van der Waals surface area contributed by atoms with Crippen LogP contribution in [0.5, 0.6) is 5.75 Å². The zero-order chi connectivity index (χ0) is 13.8. The van der Waals surface area contributed by atoms with E-state index in [1.807, 2.05) is 29.8 Å². The molecule has 1 N–H and O–H groups in total. The average Bonchev–Trinajstić information content (AvgIpc) is 2.77. The molecule has 0 saturated heterocycles. The molecule has 0 amide bonds. The molecular formula is C14H16ClN3O. The molecule has 0 spiro atoms. The lowest BCUT2D eigenvalue weighted by atomic mass is 10.3. The molecule has 0 aliphatic carbocycles. The maximum Gasteiger partial charge on any atom is 0.208 e. The summed E-state index contributed by atoms with van der Waals surface area (Å²) in [7, 11) is 1.63. The Kier molecular flexibility index (Phi) is 4.12. The van der Waals surface area contributed by atoms with Crippen LogP contribution in [0.2, 0.25) is 5.02 Å². The second-order valence-corrected chi connectivity index (χ2v) is 4.50. The zero-order valence-electron chi connectivity index (χ0n) is 11.0. The van der Waals surface area contributed by atoms with E-state index in [0.717, 1.165) is 23.1 Å². The van der Waals surface area contributed by atoms with Gasteiger partial charge in [-0.25, -0.2) is 4.98 Å². The largest absolute Gasteiger partial charge is 0.495 e. The summed E-state index contributed by atoms with van der Waals surface area (Å²) in [5.74, 6) is 1.47. The van der Waals surface area contributed by atoms with Gasteiger partial charge < -0.3 is 10.1 Å². The molecule has 1 heterocycles. The average molecular weight is 278 g/mol. The summed E-state index contributed by atoms with van der Waals surface area (Å²) in [6, 6.07) is 5.48. The van der Waals surface area contributed by atoms with Crippen LogP contribution in [0.15, 0.2) is 37.1 Å². The Morgan fingerprint density at radius 3 is 3.00 bits per heavy atom. The SMILES string of the molecule is C=CCNc1nc(C)cn1-c1cc(Cl)ccc1OC. The van der Waals surface area contributed by atoms with E-state index in [4.69, 9.17) is 16.3 Å². The van der Waals surface area contributed by atoms with Crippen molar-refractivity contribution in [1.82, 2.24) is 9.55 Å². The van der Waals surface area contributed by atoms with Crippen molar-refractivity contribution < 1.29 is 4.74 Å². The van der Waals surface area contributed by atoms with Crippen LogP contribution in [-0.4, -0.2) is 23.2 Å². The predicted octanol–water partition coefficient (Wildman–Crippen LogP) is 3.44. The summed E-state index contributed by atoms with van der Waals surface area (Å²) in [6.07, 6.45) is 3.71. The number of halogens is 1. The van der Waals surface area contributed by atoms with E-state index in [-0.39, 0.29) is 0 Å². The molecule has 0 bridgehead atoms. The van der Waals surface area contributed by atoms with Gasteiger partial charge >= 0.3 is 0 Å². The lowest BCUT2D eigenvalue weighted by molar-refractivity contribution is 0.413. The number of rotatable bonds is 5. The summed E-state index contributed by atoms with van der Waals surface area (Å²) in [5.41, 5.74) is 1.76. The summed E-state index contributed by atoms with van der Waals surface area (Å²) in [4.78, 5) is 4.44. The minimum absolute atomic E-state index is 0.638. The zero-order valence-corrected chi connectivity index (χ0v) is 11.7. The third-order valence-electron chi connectivity index (χ3n) is 2.63. The number of aryl methyl sites for hydroxylation is 1. The van der Waals surface area contributed by atoms with Gasteiger partial charge in [-0.3, -0.25) is 4.57 Å². The molecular weight excluding hydrogens is 262 g/mol. The smallest absolute Gasteiger partial charge is 0.208 e. The van der Waals surface area contributed by atoms with Crippen LogP contribution in [0.25, 0.3) is 5.69 Å². The van der Waals surface area contributed by atoms with Crippen LogP contribution in [-0.2, 0) is 0 Å². The van der Waals surface area contributed by atoms with Crippen molar-refractivity contribution in [3.8, 4) is 11.4 Å². The van der Waals surface area contributed by atoms with Crippen LogP contribution in [0.3, 0.4) is 0 Å². The lowest BCUT2D eigenvalue weighted by Gasteiger charge is -2.12. The number of imidazole rings is 1. The van der Waals surface area contributed by atoms with E-state index in [0.29, 0.717) is 11.6 Å². The molecule has 19 heavy (non-hydrogen) atoms. The molecule has 0 radical (unpaired) electrons. The second kappa shape index (κ2) is 5.80. The molecule has 100 valence electrons. The fourth-order valence-corrected chi connectivity index (χ4v) is 1.99. The van der Waals surface area contributed by atoms with Crippen LogP contribution in [0.1, 0.15) is 5.69 Å². The second-order valence-electron chi connectivity index (χ2n) is 4.06. The number of nitrogens with one attached hydrogen (secondary N) is 1. The van der Waals surface area contributed by atoms with Gasteiger partial charge in [0.1, 0.15) is 5.75 Å². The first-order valence-corrected chi connectivity index (χ1v) is 6.28. The molecule has 4 nitrogen and oxygen atoms in total. The summed E-state index contributed by atoms with van der Waals surface area (Å²) in [6.45, 7) is 6.26. The van der Waals surface area contributed by atoms with E-state index < -0.39 is 0 Å². The number of ether oxygens (including phenoxy) is 1. The fraction of sp³-hybridized carbons (Fsp3) is 0.214. The molecule has 2 rings (SSSR count). The number of benzene rings is 1. The van der Waals surface area contributed by atoms with Crippen molar-refractivity contribution in [2.24, 2.45) is 0 Å². The van der Waals surface area contributed by atoms with Gasteiger partial charge in [0.2, 0.25) is 5.95 Å². The van der Waals surface area contributed by atoms with Crippen molar-refractivity contribution in [2.45, 2.75) is 6.92 Å². The van der Waals surface area contributed by atoms with Gasteiger partial charge in [0.25, 0.3) is 0 Å². The Morgan fingerprint density at radius 2 is 2.32 bits per heavy atom. The van der Waals surface area contributed by atoms with Gasteiger partial charge in [-0.05, 0) is 25.1 Å². The molecule has 0 saturated carbocycles. The van der Waals surface area contributed by atoms with Crippen molar-refractivity contribution in [3.63, 3.8) is 0 Å². The number of nitrogens with zero attached hydrogens (tertiary/aromatic N) is 2. The molecule has 0 aliphatic heterocycles. The number of methoxy groups -OCH3 is 1. The Labute approximate surface area is 117 Å². The Morgan fingerprint density at radius 1 is 1.53 bits per heavy atom. The minimum atomic E-state index is 0.638. The van der Waals surface area contributed by atoms with E-state index in [9.17, 15) is 0 Å². The van der Waals surface area contributed by atoms with Gasteiger partial charge in [-0.2, -0.15) is 0 Å². The van der Waals surface area contributed by atoms with Crippen LogP contribution >= 0.6 is 11.6 Å². The highest BCUT2D eigenvalue weighted by Gasteiger charge is 2.12. The third kappa shape index (κ3) is 2.90. The standard InChI is InChI=1S/C14H16ClN3O/c1-4-7-16-14-17-10(2)9-18(14)12-8-11(15)5-6-13(12)19-3/h4-6,8-9H,1,7H2,2-3H3,(H,16,17). The monoisotopic (exact) mass is 277 g/mol. The maximum absolute atomic E-state index is 6.06. The summed E-state index contributed by atoms with van der Waals surface area (Å²) < 4.78 is 7.29. The highest BCUT2D eigenvalue weighted by molar-refractivity contribution is 6.30. The molecule has 0 atom stereocenters. The van der Waals surface area contributed by atoms with E-state index >= 15 is 0 Å². The number of hydrogen-bond donors (Lipinski definition) is 1. The Balaban J connectivity index is 2.51. The molecule has 0 unspecified atom stereocenters. The van der Waals surface area contributed by atoms with Crippen LogP contribution in [0.4, 0.5) is 5.95 Å². The van der Waals surface area contributed by atoms with E-state index in [1.54, 1.807) is 19.3 Å². The lowest BCUT2D eigenvalue weighted by Crippen LogP contribution is -2.06. The van der Waals surface area contributed by atoms with Gasteiger partial charge in [-0.15, -0.1) is 6.58 Å². The van der Waals surface area contributed by atoms with Gasteiger partial charge in [0.05, 0.1) is 18.5 Å². The van der Waals surface area contributed by atoms with Crippen molar-refractivity contribution in [3.05, 3.63) is 47.8 Å². The quantitative estimate of drug-likeness (QED) is 0.851. The van der Waals surface area contributed by atoms with Crippen LogP contribution < -0.4 is 10.1 Å². The predicted molar refractivity (Wildman–Crippen MR) is 78.5 cm³/mol. The van der Waals surface area contributed by atoms with E-state index in [2.05, 4.69) is 16.9 Å². The van der Waals surface area contributed by atoms with E-state index in [1.165, 1.54) is 0 Å². The molecule has 5 heteroatoms. The van der Waals surface area contributed by atoms with Crippen molar-refractivity contribution in [2.75, 3.05) is 19.0 Å². The van der Waals surface area contributed by atoms with Gasteiger partial charge in [0.15, 0.2) is 0 Å². The highest BCUT2D eigenvalue weighted by Crippen LogP contribution is 2.29. The molecule has 0 aliphatic rings. The Bertz CT molecular complexity index is 592. The van der Waals surface area contributed by atoms with Gasteiger partial charge in [-0.1, -0.05) is 17.7 Å². The topological polar surface area (TPSA) is 39.1 Å². The summed E-state index contributed by atoms with van der Waals surface area (Å²) >= 11 is 6.06. The Hall–Kier alpha value is -1.94. The highest BCUT2D eigenvalue weighted by atomic mass is 35.5.